The summed E-state index contributed by atoms with van der Waals surface area (Å²) in [4.78, 5) is 49.9. The number of amides is 2. The molecule has 4 N–H and O–H groups in total. The number of hydrazine groups is 1. The van der Waals surface area contributed by atoms with E-state index in [1.807, 2.05) is 0 Å². The second-order valence-corrected chi connectivity index (χ2v) is 7.78. The van der Waals surface area contributed by atoms with Crippen molar-refractivity contribution in [2.75, 3.05) is 0 Å². The van der Waals surface area contributed by atoms with Gasteiger partial charge in [0, 0.05) is 47.8 Å². The number of hydrogen-bond acceptors (Lipinski definition) is 11. The van der Waals surface area contributed by atoms with Crippen LogP contribution in [0, 0.1) is 25.6 Å². The van der Waals surface area contributed by atoms with Crippen molar-refractivity contribution in [3.63, 3.8) is 0 Å². The minimum atomic E-state index is -0.988. The summed E-state index contributed by atoms with van der Waals surface area (Å²) in [6.07, 6.45) is 2.13. The molecule has 15 heteroatoms. The van der Waals surface area contributed by atoms with Crippen molar-refractivity contribution in [3.8, 4) is 0 Å². The molecule has 1 aliphatic rings. The van der Waals surface area contributed by atoms with E-state index < -0.39 is 39.7 Å². The van der Waals surface area contributed by atoms with Crippen LogP contribution in [0.4, 0.5) is 11.4 Å². The van der Waals surface area contributed by atoms with Gasteiger partial charge in [-0.15, -0.1) is 0 Å². The number of nitro groups is 2. The lowest BCUT2D eigenvalue weighted by Crippen LogP contribution is -2.49. The van der Waals surface area contributed by atoms with Crippen LogP contribution in [0.25, 0.3) is 0 Å². The van der Waals surface area contributed by atoms with Crippen molar-refractivity contribution in [1.82, 2.24) is 21.3 Å². The SMILES string of the molecule is N=C1O[C@H](c2ccncc2)[C@H](NNC(=O)c2cccc([N+](=O)[O-])c2)/C1=N/NC(=O)c1cccc([N+](=O)[O-])c1. The summed E-state index contributed by atoms with van der Waals surface area (Å²) in [6, 6.07) is 12.3. The topological polar surface area (TPSA) is 215 Å². The van der Waals surface area contributed by atoms with Crippen molar-refractivity contribution in [2.45, 2.75) is 12.1 Å². The number of carbonyl (C=O) groups excluding carboxylic acids is 2. The number of pyridine rings is 1. The molecular formula is C23H18N8O7. The average Bonchev–Trinajstić information content (AvgIpc) is 3.25. The lowest BCUT2D eigenvalue weighted by molar-refractivity contribution is -0.385. The number of hydrazone groups is 1. The quantitative estimate of drug-likeness (QED) is 0.253. The molecule has 0 radical (unpaired) electrons. The van der Waals surface area contributed by atoms with Gasteiger partial charge in [0.2, 0.25) is 5.90 Å². The first-order chi connectivity index (χ1) is 18.2. The molecule has 2 aromatic carbocycles. The van der Waals surface area contributed by atoms with Crippen LogP contribution in [0.2, 0.25) is 0 Å². The molecule has 1 aliphatic heterocycles. The summed E-state index contributed by atoms with van der Waals surface area (Å²) in [5.41, 5.74) is 7.26. The number of carbonyl (C=O) groups is 2. The number of aromatic nitrogens is 1. The maximum absolute atomic E-state index is 12.7. The molecule has 3 aromatic rings. The number of non-ortho nitro benzene ring substituents is 2. The maximum atomic E-state index is 12.7. The monoisotopic (exact) mass is 518 g/mol. The zero-order valence-electron chi connectivity index (χ0n) is 19.2. The highest BCUT2D eigenvalue weighted by Crippen LogP contribution is 2.28. The summed E-state index contributed by atoms with van der Waals surface area (Å²) < 4.78 is 5.63. The number of hydrogen-bond donors (Lipinski definition) is 4. The minimum Gasteiger partial charge on any atom is -0.466 e. The zero-order chi connectivity index (χ0) is 27.2. The Hall–Kier alpha value is -5.57. The molecule has 2 heterocycles. The number of rotatable bonds is 8. The van der Waals surface area contributed by atoms with Crippen LogP contribution < -0.4 is 16.3 Å². The lowest BCUT2D eigenvalue weighted by Gasteiger charge is -2.19. The molecule has 0 saturated carbocycles. The third-order valence-corrected chi connectivity index (χ3v) is 5.37. The van der Waals surface area contributed by atoms with E-state index in [1.165, 1.54) is 48.8 Å². The van der Waals surface area contributed by atoms with Gasteiger partial charge in [0.15, 0.2) is 0 Å². The first-order valence-electron chi connectivity index (χ1n) is 10.8. The first-order valence-corrected chi connectivity index (χ1v) is 10.8. The van der Waals surface area contributed by atoms with E-state index >= 15 is 0 Å². The summed E-state index contributed by atoms with van der Waals surface area (Å²) >= 11 is 0. The van der Waals surface area contributed by atoms with Crippen LogP contribution in [0.5, 0.6) is 0 Å². The number of nitro benzene ring substituents is 2. The van der Waals surface area contributed by atoms with Gasteiger partial charge in [0.1, 0.15) is 17.9 Å². The fourth-order valence-corrected chi connectivity index (χ4v) is 3.53. The normalized spacial score (nSPS) is 17.5. The molecular weight excluding hydrogens is 500 g/mol. The lowest BCUT2D eigenvalue weighted by atomic mass is 10.0. The Labute approximate surface area is 213 Å². The van der Waals surface area contributed by atoms with Gasteiger partial charge < -0.3 is 4.74 Å². The number of ether oxygens (including phenoxy) is 1. The molecule has 1 aromatic heterocycles. The van der Waals surface area contributed by atoms with Crippen molar-refractivity contribution >= 4 is 34.8 Å². The standard InChI is InChI=1S/C23H18N8O7/c24-21-19(27-29-23(33)15-4-2-6-17(12-15)31(36)37)18(20(38-21)13-7-9-25-10-8-13)26-28-22(32)14-3-1-5-16(11-14)30(34)35/h1-12,18,20,24,26H,(H,28,32)(H,29,33)/b24-21?,27-19-/t18-,20-/m1/s1. The Balaban J connectivity index is 1.57. The van der Waals surface area contributed by atoms with Gasteiger partial charge in [-0.2, -0.15) is 5.10 Å². The van der Waals surface area contributed by atoms with E-state index in [1.54, 1.807) is 12.1 Å². The first kappa shape index (κ1) is 25.5. The van der Waals surface area contributed by atoms with Crippen LogP contribution in [0.1, 0.15) is 32.4 Å². The Morgan fingerprint density at radius 2 is 1.50 bits per heavy atom. The average molecular weight is 518 g/mol. The van der Waals surface area contributed by atoms with Crippen LogP contribution in [-0.2, 0) is 4.74 Å². The fraction of sp³-hybridized carbons (Fsp3) is 0.0870. The molecule has 38 heavy (non-hydrogen) atoms. The molecule has 0 bridgehead atoms. The fourth-order valence-electron chi connectivity index (χ4n) is 3.53. The number of benzene rings is 2. The smallest absolute Gasteiger partial charge is 0.271 e. The largest absolute Gasteiger partial charge is 0.466 e. The Kier molecular flexibility index (Phi) is 7.39. The van der Waals surface area contributed by atoms with Gasteiger partial charge in [0.25, 0.3) is 23.2 Å². The highest BCUT2D eigenvalue weighted by Gasteiger charge is 2.41. The zero-order valence-corrected chi connectivity index (χ0v) is 19.2. The van der Waals surface area contributed by atoms with Crippen molar-refractivity contribution in [3.05, 3.63) is 110 Å². The Morgan fingerprint density at radius 1 is 0.921 bits per heavy atom. The molecule has 0 unspecified atom stereocenters. The minimum absolute atomic E-state index is 0.00128. The van der Waals surface area contributed by atoms with Gasteiger partial charge >= 0.3 is 0 Å². The van der Waals surface area contributed by atoms with E-state index in [0.717, 1.165) is 12.1 Å². The van der Waals surface area contributed by atoms with Crippen LogP contribution in [-0.4, -0.2) is 44.3 Å². The van der Waals surface area contributed by atoms with Crippen LogP contribution in [0.3, 0.4) is 0 Å². The molecule has 1 fully saturated rings. The molecule has 4 rings (SSSR count). The van der Waals surface area contributed by atoms with Crippen molar-refractivity contribution in [2.24, 2.45) is 5.10 Å². The van der Waals surface area contributed by atoms with Crippen LogP contribution in [0.15, 0.2) is 78.2 Å². The predicted octanol–water partition coefficient (Wildman–Crippen LogP) is 2.04. The molecule has 1 saturated heterocycles. The van der Waals surface area contributed by atoms with Gasteiger partial charge in [-0.3, -0.25) is 45.6 Å². The summed E-state index contributed by atoms with van der Waals surface area (Å²) in [6.45, 7) is 0. The molecule has 2 amide bonds. The third kappa shape index (κ3) is 5.63. The molecule has 0 aliphatic carbocycles. The second kappa shape index (κ2) is 11.0. The van der Waals surface area contributed by atoms with E-state index in [-0.39, 0.29) is 28.2 Å². The van der Waals surface area contributed by atoms with Crippen LogP contribution >= 0.6 is 0 Å². The second-order valence-electron chi connectivity index (χ2n) is 7.78. The predicted molar refractivity (Wildman–Crippen MR) is 131 cm³/mol. The van der Waals surface area contributed by atoms with Gasteiger partial charge in [0.05, 0.1) is 9.85 Å². The number of nitrogens with one attached hydrogen (secondary N) is 4. The Morgan fingerprint density at radius 3 is 2.08 bits per heavy atom. The van der Waals surface area contributed by atoms with Crippen molar-refractivity contribution < 1.29 is 24.2 Å². The van der Waals surface area contributed by atoms with E-state index in [2.05, 4.69) is 26.4 Å². The van der Waals surface area contributed by atoms with E-state index in [0.29, 0.717) is 5.56 Å². The summed E-state index contributed by atoms with van der Waals surface area (Å²) in [7, 11) is 0. The molecule has 2 atom stereocenters. The van der Waals surface area contributed by atoms with E-state index in [4.69, 9.17) is 10.1 Å². The summed E-state index contributed by atoms with van der Waals surface area (Å²) in [5, 5.41) is 34.3. The maximum Gasteiger partial charge on any atom is 0.271 e. The van der Waals surface area contributed by atoms with Crippen molar-refractivity contribution in [1.29, 1.82) is 5.41 Å². The molecule has 0 spiro atoms. The highest BCUT2D eigenvalue weighted by atomic mass is 16.6. The van der Waals surface area contributed by atoms with Gasteiger partial charge in [-0.05, 0) is 29.8 Å². The molecule has 15 nitrogen and oxygen atoms in total. The number of nitrogens with zero attached hydrogens (tertiary/aromatic N) is 4. The molecule has 192 valence electrons. The van der Waals surface area contributed by atoms with E-state index in [9.17, 15) is 29.8 Å². The van der Waals surface area contributed by atoms with Gasteiger partial charge in [-0.25, -0.2) is 10.9 Å². The third-order valence-electron chi connectivity index (χ3n) is 5.37. The summed E-state index contributed by atoms with van der Waals surface area (Å²) in [5.74, 6) is -1.89. The highest BCUT2D eigenvalue weighted by molar-refractivity contribution is 6.41. The Bertz CT molecular complexity index is 1460. The van der Waals surface area contributed by atoms with Gasteiger partial charge in [-0.1, -0.05) is 12.1 Å².